The lowest BCUT2D eigenvalue weighted by molar-refractivity contribution is -0.140. The number of hydrogen-bond acceptors (Lipinski definition) is 6. The molecule has 0 aliphatic heterocycles. The first-order valence-corrected chi connectivity index (χ1v) is 15.1. The minimum atomic E-state index is -4.14. The molecule has 0 saturated heterocycles. The predicted molar refractivity (Wildman–Crippen MR) is 160 cm³/mol. The van der Waals surface area contributed by atoms with Crippen molar-refractivity contribution in [2.75, 3.05) is 31.1 Å². The van der Waals surface area contributed by atoms with E-state index in [-0.39, 0.29) is 17.3 Å². The maximum Gasteiger partial charge on any atom is 0.264 e. The minimum absolute atomic E-state index is 0.0576. The zero-order valence-electron chi connectivity index (χ0n) is 24.3. The fraction of sp³-hybridized carbons (Fsp3) is 0.355. The van der Waals surface area contributed by atoms with Gasteiger partial charge in [-0.1, -0.05) is 36.8 Å². The van der Waals surface area contributed by atoms with E-state index in [0.29, 0.717) is 36.8 Å². The second-order valence-electron chi connectivity index (χ2n) is 9.44. The van der Waals surface area contributed by atoms with Gasteiger partial charge in [0.25, 0.3) is 10.0 Å². The van der Waals surface area contributed by atoms with Crippen molar-refractivity contribution in [1.82, 2.24) is 10.2 Å². The molecule has 9 nitrogen and oxygen atoms in total. The highest BCUT2D eigenvalue weighted by Crippen LogP contribution is 2.27. The summed E-state index contributed by atoms with van der Waals surface area (Å²) >= 11 is 0. The Hall–Kier alpha value is -4.05. The van der Waals surface area contributed by atoms with Crippen molar-refractivity contribution in [2.45, 2.75) is 51.6 Å². The van der Waals surface area contributed by atoms with Gasteiger partial charge in [0.15, 0.2) is 0 Å². The van der Waals surface area contributed by atoms with Gasteiger partial charge < -0.3 is 19.7 Å². The van der Waals surface area contributed by atoms with Crippen LogP contribution in [0.3, 0.4) is 0 Å². The van der Waals surface area contributed by atoms with E-state index >= 15 is 0 Å². The van der Waals surface area contributed by atoms with E-state index < -0.39 is 28.5 Å². The Kier molecular flexibility index (Phi) is 11.2. The molecule has 0 radical (unpaired) electrons. The first-order valence-electron chi connectivity index (χ1n) is 13.7. The second kappa shape index (κ2) is 14.5. The SMILES string of the molecule is CCNC(=O)C(CC)N(Cc1ccc(OC)cc1)C(=O)CN(c1ccc(OCC)cc1)S(=O)(=O)c1ccc(C)cc1. The van der Waals surface area contributed by atoms with Crippen LogP contribution in [0.2, 0.25) is 0 Å². The molecule has 0 heterocycles. The lowest BCUT2D eigenvalue weighted by Gasteiger charge is -2.33. The van der Waals surface area contributed by atoms with Gasteiger partial charge in [-0.3, -0.25) is 13.9 Å². The van der Waals surface area contributed by atoms with Gasteiger partial charge in [0.1, 0.15) is 24.1 Å². The number of benzene rings is 3. The lowest BCUT2D eigenvalue weighted by Crippen LogP contribution is -2.52. The normalized spacial score (nSPS) is 11.8. The molecule has 1 N–H and O–H groups in total. The summed E-state index contributed by atoms with van der Waals surface area (Å²) in [5.74, 6) is 0.432. The van der Waals surface area contributed by atoms with Crippen molar-refractivity contribution in [3.8, 4) is 11.5 Å². The number of sulfonamides is 1. The third kappa shape index (κ3) is 8.00. The first-order chi connectivity index (χ1) is 19.6. The highest BCUT2D eigenvalue weighted by atomic mass is 32.2. The van der Waals surface area contributed by atoms with Crippen molar-refractivity contribution in [3.63, 3.8) is 0 Å². The van der Waals surface area contributed by atoms with Crippen molar-refractivity contribution in [2.24, 2.45) is 0 Å². The van der Waals surface area contributed by atoms with Crippen molar-refractivity contribution in [3.05, 3.63) is 83.9 Å². The Labute approximate surface area is 243 Å². The molecule has 0 saturated carbocycles. The Morgan fingerprint density at radius 1 is 0.878 bits per heavy atom. The van der Waals surface area contributed by atoms with Gasteiger partial charge in [-0.2, -0.15) is 0 Å². The molecule has 10 heteroatoms. The van der Waals surface area contributed by atoms with Crippen LogP contribution in [0.25, 0.3) is 0 Å². The number of amides is 2. The third-order valence-corrected chi connectivity index (χ3v) is 8.36. The van der Waals surface area contributed by atoms with E-state index in [0.717, 1.165) is 15.4 Å². The number of methoxy groups -OCH3 is 1. The van der Waals surface area contributed by atoms with Crippen LogP contribution in [-0.2, 0) is 26.2 Å². The summed E-state index contributed by atoms with van der Waals surface area (Å²) < 4.78 is 39.8. The van der Waals surface area contributed by atoms with Gasteiger partial charge in [-0.15, -0.1) is 0 Å². The molecule has 0 spiro atoms. The van der Waals surface area contributed by atoms with Gasteiger partial charge in [-0.05, 0) is 81.3 Å². The zero-order valence-corrected chi connectivity index (χ0v) is 25.1. The summed E-state index contributed by atoms with van der Waals surface area (Å²) in [6.45, 7) is 7.83. The highest BCUT2D eigenvalue weighted by molar-refractivity contribution is 7.92. The Balaban J connectivity index is 2.05. The maximum atomic E-state index is 14.1. The van der Waals surface area contributed by atoms with Gasteiger partial charge >= 0.3 is 0 Å². The number of nitrogens with one attached hydrogen (secondary N) is 1. The predicted octanol–water partition coefficient (Wildman–Crippen LogP) is 4.54. The van der Waals surface area contributed by atoms with Gasteiger partial charge in [0.05, 0.1) is 24.3 Å². The quantitative estimate of drug-likeness (QED) is 0.300. The smallest absolute Gasteiger partial charge is 0.264 e. The standard InChI is InChI=1S/C31H39N3O6S/c1-6-29(31(36)32-7-2)33(21-24-11-15-26(39-5)16-12-24)30(35)22-34(25-13-17-27(18-14-25)40-8-3)41(37,38)28-19-9-23(4)10-20-28/h9-20,29H,6-8,21-22H2,1-5H3,(H,32,36). The number of carbonyl (C=O) groups excluding carboxylic acids is 2. The van der Waals surface area contributed by atoms with Gasteiger partial charge in [0, 0.05) is 13.1 Å². The molecule has 0 aliphatic carbocycles. The second-order valence-corrected chi connectivity index (χ2v) is 11.3. The number of rotatable bonds is 14. The molecule has 220 valence electrons. The average molecular weight is 582 g/mol. The van der Waals surface area contributed by atoms with Crippen LogP contribution in [0.15, 0.2) is 77.7 Å². The molecule has 0 fully saturated rings. The van der Waals surface area contributed by atoms with Crippen molar-refractivity contribution >= 4 is 27.5 Å². The van der Waals surface area contributed by atoms with E-state index in [1.807, 2.05) is 39.8 Å². The summed E-state index contributed by atoms with van der Waals surface area (Å²) in [7, 11) is -2.57. The zero-order chi connectivity index (χ0) is 30.0. The minimum Gasteiger partial charge on any atom is -0.497 e. The van der Waals surface area contributed by atoms with Crippen LogP contribution >= 0.6 is 0 Å². The number of ether oxygens (including phenoxy) is 2. The van der Waals surface area contributed by atoms with Gasteiger partial charge in [0.2, 0.25) is 11.8 Å². The first kappa shape index (κ1) is 31.5. The number of carbonyl (C=O) groups is 2. The van der Waals surface area contributed by atoms with Crippen LogP contribution in [0.1, 0.15) is 38.3 Å². The number of likely N-dealkylation sites (N-methyl/N-ethyl adjacent to an activating group) is 1. The average Bonchev–Trinajstić information content (AvgIpc) is 2.97. The third-order valence-electron chi connectivity index (χ3n) is 6.57. The van der Waals surface area contributed by atoms with Crippen LogP contribution in [0, 0.1) is 6.92 Å². The maximum absolute atomic E-state index is 14.1. The Bertz CT molecular complexity index is 1390. The summed E-state index contributed by atoms with van der Waals surface area (Å²) in [6, 6.07) is 19.4. The fourth-order valence-electron chi connectivity index (χ4n) is 4.38. The molecule has 41 heavy (non-hydrogen) atoms. The highest BCUT2D eigenvalue weighted by Gasteiger charge is 2.33. The molecule has 0 aromatic heterocycles. The van der Waals surface area contributed by atoms with Crippen molar-refractivity contribution in [1.29, 1.82) is 0 Å². The van der Waals surface area contributed by atoms with Crippen LogP contribution in [-0.4, -0.2) is 58.0 Å². The summed E-state index contributed by atoms with van der Waals surface area (Å²) in [6.07, 6.45) is 0.349. The number of aryl methyl sites for hydroxylation is 1. The molecule has 0 aliphatic rings. The Morgan fingerprint density at radius 3 is 2.02 bits per heavy atom. The lowest BCUT2D eigenvalue weighted by atomic mass is 10.1. The summed E-state index contributed by atoms with van der Waals surface area (Å²) in [5, 5.41) is 2.80. The van der Waals surface area contributed by atoms with Crippen LogP contribution in [0.5, 0.6) is 11.5 Å². The molecule has 1 unspecified atom stereocenters. The number of anilines is 1. The molecular weight excluding hydrogens is 542 g/mol. The number of nitrogens with zero attached hydrogens (tertiary/aromatic N) is 2. The van der Waals surface area contributed by atoms with Crippen molar-refractivity contribution < 1.29 is 27.5 Å². The molecule has 3 aromatic rings. The molecule has 3 aromatic carbocycles. The summed E-state index contributed by atoms with van der Waals surface area (Å²) in [5.41, 5.74) is 1.99. The number of hydrogen-bond donors (Lipinski definition) is 1. The molecular formula is C31H39N3O6S. The van der Waals surface area contributed by atoms with E-state index in [1.165, 1.54) is 17.0 Å². The Morgan fingerprint density at radius 2 is 1.49 bits per heavy atom. The largest absolute Gasteiger partial charge is 0.497 e. The van der Waals surface area contributed by atoms with Crippen LogP contribution in [0.4, 0.5) is 5.69 Å². The molecule has 2 amide bonds. The summed E-state index contributed by atoms with van der Waals surface area (Å²) in [4.78, 5) is 28.6. The fourth-order valence-corrected chi connectivity index (χ4v) is 5.79. The van der Waals surface area contributed by atoms with E-state index in [1.54, 1.807) is 55.6 Å². The van der Waals surface area contributed by atoms with Crippen LogP contribution < -0.4 is 19.1 Å². The molecule has 1 atom stereocenters. The van der Waals surface area contributed by atoms with Gasteiger partial charge in [-0.25, -0.2) is 8.42 Å². The monoisotopic (exact) mass is 581 g/mol. The van der Waals surface area contributed by atoms with E-state index in [9.17, 15) is 18.0 Å². The van der Waals surface area contributed by atoms with E-state index in [2.05, 4.69) is 5.32 Å². The molecule has 3 rings (SSSR count). The van der Waals surface area contributed by atoms with E-state index in [4.69, 9.17) is 9.47 Å². The topological polar surface area (TPSA) is 105 Å². The molecule has 0 bridgehead atoms.